The van der Waals surface area contributed by atoms with Gasteiger partial charge in [0.15, 0.2) is 0 Å². The van der Waals surface area contributed by atoms with Crippen LogP contribution in [-0.2, 0) is 9.53 Å². The predicted molar refractivity (Wildman–Crippen MR) is 61.6 cm³/mol. The number of amides is 1. The number of carbonyl (C=O) groups is 1. The third-order valence-corrected chi connectivity index (χ3v) is 2.37. The van der Waals surface area contributed by atoms with E-state index in [-0.39, 0.29) is 11.8 Å². The lowest BCUT2D eigenvalue weighted by atomic mass is 10.1. The van der Waals surface area contributed by atoms with Crippen LogP contribution in [0.15, 0.2) is 0 Å². The number of likely N-dealkylation sites (N-methyl/N-ethyl adjacent to an activating group) is 1. The van der Waals surface area contributed by atoms with Crippen molar-refractivity contribution in [3.8, 4) is 0 Å². The lowest BCUT2D eigenvalue weighted by Gasteiger charge is -2.22. The average Bonchev–Trinajstić information content (AvgIpc) is 2.24. The maximum absolute atomic E-state index is 11.8. The Balaban J connectivity index is 3.87. The highest BCUT2D eigenvalue weighted by Crippen LogP contribution is 2.03. The molecule has 0 saturated heterocycles. The van der Waals surface area contributed by atoms with Crippen molar-refractivity contribution in [2.24, 2.45) is 11.7 Å². The largest absolute Gasteiger partial charge is 0.380 e. The summed E-state index contributed by atoms with van der Waals surface area (Å²) in [6.45, 7) is 9.23. The van der Waals surface area contributed by atoms with E-state index < -0.39 is 0 Å². The summed E-state index contributed by atoms with van der Waals surface area (Å²) in [6, 6.07) is 0. The maximum Gasteiger partial charge on any atom is 0.222 e. The van der Waals surface area contributed by atoms with Crippen LogP contribution in [0, 0.1) is 5.92 Å². The van der Waals surface area contributed by atoms with Crippen molar-refractivity contribution >= 4 is 5.91 Å². The van der Waals surface area contributed by atoms with Gasteiger partial charge in [0.1, 0.15) is 0 Å². The van der Waals surface area contributed by atoms with Gasteiger partial charge in [0, 0.05) is 26.1 Å². The van der Waals surface area contributed by atoms with E-state index in [0.717, 1.165) is 6.54 Å². The molecule has 0 aliphatic heterocycles. The highest BCUT2D eigenvalue weighted by atomic mass is 16.5. The molecule has 0 aromatic heterocycles. The normalized spacial score (nSPS) is 12.5. The molecule has 0 radical (unpaired) electrons. The van der Waals surface area contributed by atoms with Gasteiger partial charge in [0.05, 0.1) is 6.61 Å². The first kappa shape index (κ1) is 14.4. The second kappa shape index (κ2) is 8.68. The van der Waals surface area contributed by atoms with Crippen molar-refractivity contribution < 1.29 is 9.53 Å². The van der Waals surface area contributed by atoms with Gasteiger partial charge in [0.25, 0.3) is 0 Å². The Kier molecular flexibility index (Phi) is 8.33. The number of ether oxygens (including phenoxy) is 1. The lowest BCUT2D eigenvalue weighted by Crippen LogP contribution is -2.35. The molecule has 0 fully saturated rings. The van der Waals surface area contributed by atoms with Crippen LogP contribution in [0.3, 0.4) is 0 Å². The summed E-state index contributed by atoms with van der Waals surface area (Å²) in [7, 11) is 0. The summed E-state index contributed by atoms with van der Waals surface area (Å²) in [5, 5.41) is 0. The molecule has 90 valence electrons. The molecule has 0 rings (SSSR count). The summed E-state index contributed by atoms with van der Waals surface area (Å²) in [4.78, 5) is 13.6. The van der Waals surface area contributed by atoms with Crippen LogP contribution in [0.5, 0.6) is 0 Å². The molecule has 0 aliphatic rings. The molecule has 0 aliphatic carbocycles. The first-order valence-corrected chi connectivity index (χ1v) is 5.71. The van der Waals surface area contributed by atoms with Crippen molar-refractivity contribution in [3.63, 3.8) is 0 Å². The topological polar surface area (TPSA) is 55.6 Å². The Bertz CT molecular complexity index is 174. The quantitative estimate of drug-likeness (QED) is 0.612. The summed E-state index contributed by atoms with van der Waals surface area (Å²) < 4.78 is 5.23. The summed E-state index contributed by atoms with van der Waals surface area (Å²) in [5.41, 5.74) is 5.49. The van der Waals surface area contributed by atoms with Crippen molar-refractivity contribution in [1.82, 2.24) is 4.90 Å². The highest BCUT2D eigenvalue weighted by Gasteiger charge is 2.13. The van der Waals surface area contributed by atoms with Gasteiger partial charge in [-0.3, -0.25) is 4.79 Å². The monoisotopic (exact) mass is 216 g/mol. The summed E-state index contributed by atoms with van der Waals surface area (Å²) in [5.74, 6) is 0.439. The van der Waals surface area contributed by atoms with Crippen LogP contribution in [0.4, 0.5) is 0 Å². The molecular formula is C11H24N2O2. The van der Waals surface area contributed by atoms with Crippen LogP contribution in [0.25, 0.3) is 0 Å². The fourth-order valence-corrected chi connectivity index (χ4v) is 1.29. The van der Waals surface area contributed by atoms with Crippen molar-refractivity contribution in [2.45, 2.75) is 27.2 Å². The first-order chi connectivity index (χ1) is 7.15. The number of hydrogen-bond donors (Lipinski definition) is 1. The number of nitrogens with zero attached hydrogens (tertiary/aromatic N) is 1. The van der Waals surface area contributed by atoms with Crippen molar-refractivity contribution in [3.05, 3.63) is 0 Å². The van der Waals surface area contributed by atoms with E-state index in [9.17, 15) is 4.79 Å². The molecule has 1 unspecified atom stereocenters. The van der Waals surface area contributed by atoms with Crippen LogP contribution < -0.4 is 5.73 Å². The molecule has 0 bridgehead atoms. The number of hydrogen-bond acceptors (Lipinski definition) is 3. The molecule has 15 heavy (non-hydrogen) atoms. The van der Waals surface area contributed by atoms with Crippen molar-refractivity contribution in [2.75, 3.05) is 32.8 Å². The molecule has 4 nitrogen and oxygen atoms in total. The van der Waals surface area contributed by atoms with Gasteiger partial charge in [0.2, 0.25) is 5.91 Å². The number of carbonyl (C=O) groups excluding carboxylic acids is 1. The molecular weight excluding hydrogens is 192 g/mol. The molecule has 0 spiro atoms. The Morgan fingerprint density at radius 3 is 2.60 bits per heavy atom. The smallest absolute Gasteiger partial charge is 0.222 e. The SMILES string of the molecule is CCOCCN(CC)C(=O)CC(C)CN. The zero-order valence-electron chi connectivity index (χ0n) is 10.2. The van der Waals surface area contributed by atoms with Crippen molar-refractivity contribution in [1.29, 1.82) is 0 Å². The summed E-state index contributed by atoms with van der Waals surface area (Å²) >= 11 is 0. The number of nitrogens with two attached hydrogens (primary N) is 1. The van der Waals surface area contributed by atoms with Crippen LogP contribution >= 0.6 is 0 Å². The van der Waals surface area contributed by atoms with Gasteiger partial charge in [-0.25, -0.2) is 0 Å². The fraction of sp³-hybridized carbons (Fsp3) is 0.909. The van der Waals surface area contributed by atoms with Gasteiger partial charge >= 0.3 is 0 Å². The van der Waals surface area contributed by atoms with Gasteiger partial charge in [-0.15, -0.1) is 0 Å². The van der Waals surface area contributed by atoms with Gasteiger partial charge in [-0.05, 0) is 26.3 Å². The van der Waals surface area contributed by atoms with Crippen LogP contribution in [0.1, 0.15) is 27.2 Å². The fourth-order valence-electron chi connectivity index (χ4n) is 1.29. The van der Waals surface area contributed by atoms with Gasteiger partial charge in [-0.1, -0.05) is 6.92 Å². The van der Waals surface area contributed by atoms with E-state index in [1.807, 2.05) is 25.7 Å². The highest BCUT2D eigenvalue weighted by molar-refractivity contribution is 5.76. The average molecular weight is 216 g/mol. The van der Waals surface area contributed by atoms with Gasteiger partial charge < -0.3 is 15.4 Å². The number of rotatable bonds is 8. The second-order valence-electron chi connectivity index (χ2n) is 3.72. The van der Waals surface area contributed by atoms with E-state index >= 15 is 0 Å². The standard InChI is InChI=1S/C11H24N2O2/c1-4-13(6-7-15-5-2)11(14)8-10(3)9-12/h10H,4-9,12H2,1-3H3. The Hall–Kier alpha value is -0.610. The molecule has 4 heteroatoms. The maximum atomic E-state index is 11.8. The molecule has 0 heterocycles. The second-order valence-corrected chi connectivity index (χ2v) is 3.72. The van der Waals surface area contributed by atoms with Crippen LogP contribution in [-0.4, -0.2) is 43.7 Å². The first-order valence-electron chi connectivity index (χ1n) is 5.71. The summed E-state index contributed by atoms with van der Waals surface area (Å²) in [6.07, 6.45) is 0.538. The third-order valence-electron chi connectivity index (χ3n) is 2.37. The minimum Gasteiger partial charge on any atom is -0.380 e. The molecule has 1 amide bonds. The zero-order valence-corrected chi connectivity index (χ0v) is 10.2. The van der Waals surface area contributed by atoms with E-state index in [1.165, 1.54) is 0 Å². The minimum atomic E-state index is 0.176. The molecule has 1 atom stereocenters. The Labute approximate surface area is 92.8 Å². The van der Waals surface area contributed by atoms with Crippen LogP contribution in [0.2, 0.25) is 0 Å². The predicted octanol–water partition coefficient (Wildman–Crippen LogP) is 0.856. The third kappa shape index (κ3) is 6.47. The Morgan fingerprint density at radius 1 is 1.47 bits per heavy atom. The zero-order chi connectivity index (χ0) is 11.7. The molecule has 2 N–H and O–H groups in total. The lowest BCUT2D eigenvalue weighted by molar-refractivity contribution is -0.132. The minimum absolute atomic E-state index is 0.176. The molecule has 0 aromatic rings. The van der Waals surface area contributed by atoms with E-state index in [2.05, 4.69) is 0 Å². The van der Waals surface area contributed by atoms with E-state index in [4.69, 9.17) is 10.5 Å². The van der Waals surface area contributed by atoms with E-state index in [0.29, 0.717) is 32.7 Å². The molecule has 0 aromatic carbocycles. The Morgan fingerprint density at radius 2 is 2.13 bits per heavy atom. The van der Waals surface area contributed by atoms with E-state index in [1.54, 1.807) is 0 Å². The molecule has 0 saturated carbocycles. The van der Waals surface area contributed by atoms with Gasteiger partial charge in [-0.2, -0.15) is 0 Å².